The molecule has 1 atom stereocenters. The number of amides is 1. The fourth-order valence-corrected chi connectivity index (χ4v) is 6.13. The average Bonchev–Trinajstić information content (AvgIpc) is 3.28. The van der Waals surface area contributed by atoms with Crippen LogP contribution in [0.25, 0.3) is 22.0 Å². The molecule has 1 unspecified atom stereocenters. The fraction of sp³-hybridized carbons (Fsp3) is 0.200. The summed E-state index contributed by atoms with van der Waals surface area (Å²) < 4.78 is 40.1. The Morgan fingerprint density at radius 2 is 1.97 bits per heavy atom. The summed E-state index contributed by atoms with van der Waals surface area (Å²) in [6.45, 7) is 0.429. The van der Waals surface area contributed by atoms with Crippen molar-refractivity contribution in [3.63, 3.8) is 0 Å². The number of aromatic amines is 1. The number of benzene rings is 2. The lowest BCUT2D eigenvalue weighted by Crippen LogP contribution is -2.47. The van der Waals surface area contributed by atoms with Crippen LogP contribution in [0.5, 0.6) is 5.88 Å². The molecular weight excluding hydrogens is 504 g/mol. The summed E-state index contributed by atoms with van der Waals surface area (Å²) in [4.78, 5) is 19.0. The second kappa shape index (κ2) is 9.90. The molecule has 2 aromatic heterocycles. The number of rotatable bonds is 7. The number of nitrogens with two attached hydrogens (primary N) is 1. The minimum atomic E-state index is -4.10. The number of hydrogen-bond acceptors (Lipinski definition) is 6. The van der Waals surface area contributed by atoms with Gasteiger partial charge >= 0.3 is 0 Å². The van der Waals surface area contributed by atoms with Crippen LogP contribution in [-0.2, 0) is 14.8 Å². The first-order valence-electron chi connectivity index (χ1n) is 11.2. The van der Waals surface area contributed by atoms with E-state index in [1.165, 1.54) is 10.4 Å². The first kappa shape index (κ1) is 24.3. The van der Waals surface area contributed by atoms with Crippen LogP contribution in [0.4, 0.5) is 0 Å². The van der Waals surface area contributed by atoms with Gasteiger partial charge in [0.1, 0.15) is 23.3 Å². The molecule has 36 heavy (non-hydrogen) atoms. The number of carbonyl (C=O) groups excluding carboxylic acids is 1. The van der Waals surface area contributed by atoms with E-state index in [0.717, 1.165) is 11.1 Å². The van der Waals surface area contributed by atoms with Crippen molar-refractivity contribution in [1.29, 1.82) is 0 Å². The number of fused-ring (bicyclic) bond motifs is 1. The minimum absolute atomic E-state index is 0.0376. The van der Waals surface area contributed by atoms with Gasteiger partial charge in [-0.25, -0.2) is 13.4 Å². The van der Waals surface area contributed by atoms with Gasteiger partial charge in [0.25, 0.3) is 5.91 Å². The molecule has 0 spiro atoms. The van der Waals surface area contributed by atoms with Crippen molar-refractivity contribution in [3.05, 3.63) is 77.6 Å². The summed E-state index contributed by atoms with van der Waals surface area (Å²) in [5.41, 5.74) is 7.76. The summed E-state index contributed by atoms with van der Waals surface area (Å²) in [5.74, 6) is -0.473. The summed E-state index contributed by atoms with van der Waals surface area (Å²) in [6.07, 6.45) is 1.19. The molecule has 1 fully saturated rings. The number of nitrogens with one attached hydrogen (secondary N) is 1. The Balaban J connectivity index is 1.32. The van der Waals surface area contributed by atoms with Crippen molar-refractivity contribution in [1.82, 2.24) is 14.3 Å². The van der Waals surface area contributed by atoms with Gasteiger partial charge in [0.05, 0.1) is 6.61 Å². The van der Waals surface area contributed by atoms with Crippen LogP contribution in [0.15, 0.2) is 71.8 Å². The molecule has 1 saturated heterocycles. The number of sulfonamides is 1. The normalized spacial score (nSPS) is 16.8. The van der Waals surface area contributed by atoms with E-state index >= 15 is 0 Å². The second-order valence-electron chi connectivity index (χ2n) is 8.30. The lowest BCUT2D eigenvalue weighted by atomic mass is 10.1. The van der Waals surface area contributed by atoms with E-state index in [1.807, 2.05) is 36.4 Å². The van der Waals surface area contributed by atoms with Gasteiger partial charge in [-0.1, -0.05) is 41.9 Å². The molecule has 4 aromatic rings. The van der Waals surface area contributed by atoms with Gasteiger partial charge in [-0.2, -0.15) is 4.31 Å². The summed E-state index contributed by atoms with van der Waals surface area (Å²) in [6, 6.07) is 18.2. The molecule has 0 radical (unpaired) electrons. The number of aromatic nitrogens is 2. The Kier molecular flexibility index (Phi) is 6.67. The minimum Gasteiger partial charge on any atom is -0.475 e. The highest BCUT2D eigenvalue weighted by molar-refractivity contribution is 7.89. The molecule has 186 valence electrons. The average molecular weight is 527 g/mol. The first-order chi connectivity index (χ1) is 17.3. The van der Waals surface area contributed by atoms with E-state index in [1.54, 1.807) is 24.4 Å². The maximum atomic E-state index is 13.6. The lowest BCUT2D eigenvalue weighted by Gasteiger charge is -2.32. The summed E-state index contributed by atoms with van der Waals surface area (Å²) in [7, 11) is -4.10. The van der Waals surface area contributed by atoms with Crippen molar-refractivity contribution >= 4 is 38.4 Å². The molecule has 1 amide bonds. The number of primary amides is 1. The molecule has 0 aliphatic carbocycles. The Bertz CT molecular complexity index is 1510. The summed E-state index contributed by atoms with van der Waals surface area (Å²) in [5, 5.41) is 0.645. The van der Waals surface area contributed by atoms with Crippen LogP contribution < -0.4 is 10.5 Å². The van der Waals surface area contributed by atoms with Crippen molar-refractivity contribution in [2.45, 2.75) is 11.0 Å². The van der Waals surface area contributed by atoms with E-state index in [9.17, 15) is 13.2 Å². The molecule has 0 saturated carbocycles. The maximum Gasteiger partial charge on any atom is 0.266 e. The van der Waals surface area contributed by atoms with Crippen LogP contribution in [0.1, 0.15) is 10.5 Å². The number of morpholine rings is 1. The van der Waals surface area contributed by atoms with Crippen LogP contribution in [0, 0.1) is 0 Å². The van der Waals surface area contributed by atoms with E-state index in [2.05, 4.69) is 9.97 Å². The van der Waals surface area contributed by atoms with Crippen LogP contribution in [0.2, 0.25) is 5.02 Å². The van der Waals surface area contributed by atoms with Crippen molar-refractivity contribution in [3.8, 4) is 17.0 Å². The molecule has 1 aliphatic rings. The SMILES string of the molecule is NC(=O)c1[nH]c2ccc(Cl)cc2c1S(=O)(=O)N1CCOC(COc2ccc(-c3ccccc3)cn2)C1. The Morgan fingerprint density at radius 1 is 1.17 bits per heavy atom. The number of ether oxygens (including phenoxy) is 2. The maximum absolute atomic E-state index is 13.6. The number of carbonyl (C=O) groups is 1. The number of H-pyrrole nitrogens is 1. The standard InChI is InChI=1S/C25H23ClN4O5S/c26-18-7-8-21-20(12-18)24(23(29-21)25(27)31)36(32,33)30-10-11-34-19(14-30)15-35-22-9-6-17(13-28-22)16-4-2-1-3-5-16/h1-9,12-13,19,29H,10-11,14-15H2,(H2,27,31). The second-order valence-corrected chi connectivity index (χ2v) is 10.6. The fourth-order valence-electron chi connectivity index (χ4n) is 4.17. The molecule has 5 rings (SSSR count). The third-order valence-corrected chi connectivity index (χ3v) is 8.11. The topological polar surface area (TPSA) is 128 Å². The van der Waals surface area contributed by atoms with Gasteiger partial charge in [0.15, 0.2) is 0 Å². The number of pyridine rings is 1. The molecule has 11 heteroatoms. The van der Waals surface area contributed by atoms with Crippen LogP contribution in [-0.4, -0.2) is 61.0 Å². The Labute approximate surface area is 212 Å². The third-order valence-electron chi connectivity index (χ3n) is 5.92. The van der Waals surface area contributed by atoms with Crippen LogP contribution in [0.3, 0.4) is 0 Å². The molecule has 3 heterocycles. The highest BCUT2D eigenvalue weighted by Gasteiger charge is 2.36. The summed E-state index contributed by atoms with van der Waals surface area (Å²) >= 11 is 6.10. The first-order valence-corrected chi connectivity index (χ1v) is 13.0. The highest BCUT2D eigenvalue weighted by Crippen LogP contribution is 2.32. The smallest absolute Gasteiger partial charge is 0.266 e. The van der Waals surface area contributed by atoms with Gasteiger partial charge < -0.3 is 20.2 Å². The van der Waals surface area contributed by atoms with Gasteiger partial charge in [0, 0.05) is 46.8 Å². The van der Waals surface area contributed by atoms with Gasteiger partial charge in [-0.05, 0) is 29.8 Å². The molecule has 2 aromatic carbocycles. The van der Waals surface area contributed by atoms with Gasteiger partial charge in [0.2, 0.25) is 15.9 Å². The largest absolute Gasteiger partial charge is 0.475 e. The molecule has 9 nitrogen and oxygen atoms in total. The quantitative estimate of drug-likeness (QED) is 0.379. The number of halogens is 1. The van der Waals surface area contributed by atoms with E-state index < -0.39 is 22.0 Å². The number of nitrogens with zero attached hydrogens (tertiary/aromatic N) is 2. The zero-order chi connectivity index (χ0) is 25.3. The monoisotopic (exact) mass is 526 g/mol. The van der Waals surface area contributed by atoms with E-state index in [4.69, 9.17) is 26.8 Å². The molecule has 1 aliphatic heterocycles. The predicted octanol–water partition coefficient (Wildman–Crippen LogP) is 3.45. The number of hydrogen-bond donors (Lipinski definition) is 2. The van der Waals surface area contributed by atoms with Gasteiger partial charge in [-0.3, -0.25) is 4.79 Å². The third kappa shape index (κ3) is 4.80. The zero-order valence-electron chi connectivity index (χ0n) is 19.1. The zero-order valence-corrected chi connectivity index (χ0v) is 20.6. The van der Waals surface area contributed by atoms with E-state index in [0.29, 0.717) is 21.8 Å². The van der Waals surface area contributed by atoms with Crippen molar-refractivity contribution < 1.29 is 22.7 Å². The van der Waals surface area contributed by atoms with Gasteiger partial charge in [-0.15, -0.1) is 0 Å². The van der Waals surface area contributed by atoms with Crippen molar-refractivity contribution in [2.24, 2.45) is 5.73 Å². The van der Waals surface area contributed by atoms with Crippen molar-refractivity contribution in [2.75, 3.05) is 26.3 Å². The predicted molar refractivity (Wildman–Crippen MR) is 135 cm³/mol. The molecule has 3 N–H and O–H groups in total. The van der Waals surface area contributed by atoms with Crippen LogP contribution >= 0.6 is 11.6 Å². The highest BCUT2D eigenvalue weighted by atomic mass is 35.5. The lowest BCUT2D eigenvalue weighted by molar-refractivity contribution is -0.0256. The molecular formula is C25H23ClN4O5S. The van der Waals surface area contributed by atoms with E-state index in [-0.39, 0.29) is 36.9 Å². The Morgan fingerprint density at radius 3 is 2.69 bits per heavy atom. The Hall–Kier alpha value is -3.44. The molecule has 0 bridgehead atoms.